The summed E-state index contributed by atoms with van der Waals surface area (Å²) in [6.07, 6.45) is 0. The summed E-state index contributed by atoms with van der Waals surface area (Å²) < 4.78 is 0. The van der Waals surface area contributed by atoms with Crippen molar-refractivity contribution in [1.82, 2.24) is 0 Å². The van der Waals surface area contributed by atoms with Crippen LogP contribution in [0.1, 0.15) is 0 Å². The van der Waals surface area contributed by atoms with Gasteiger partial charge in [0.05, 0.1) is 13.2 Å². The van der Waals surface area contributed by atoms with Crippen molar-refractivity contribution in [1.29, 1.82) is 0 Å². The Morgan fingerprint density at radius 1 is 1.00 bits per heavy atom. The zero-order valence-electron chi connectivity index (χ0n) is 2.81. The molecular formula is C2H10BaO3. The molecule has 38 valence electrons. The van der Waals surface area contributed by atoms with Crippen molar-refractivity contribution in [2.45, 2.75) is 0 Å². The van der Waals surface area contributed by atoms with Gasteiger partial charge in [0.1, 0.15) is 0 Å². The first-order valence-electron chi connectivity index (χ1n) is 1.13. The van der Waals surface area contributed by atoms with Gasteiger partial charge in [-0.1, -0.05) is 0 Å². The average Bonchev–Trinajstić information content (AvgIpc) is 1.37. The van der Waals surface area contributed by atoms with Gasteiger partial charge in [-0.15, -0.1) is 0 Å². The molecule has 0 saturated heterocycles. The zero-order chi connectivity index (χ0) is 3.41. The summed E-state index contributed by atoms with van der Waals surface area (Å²) in [5.74, 6) is 0. The SMILES string of the molecule is O.OCCO.[BaH2]. The van der Waals surface area contributed by atoms with E-state index in [1.807, 2.05) is 0 Å². The van der Waals surface area contributed by atoms with Gasteiger partial charge in [-0.05, 0) is 0 Å². The predicted octanol–water partition coefficient (Wildman–Crippen LogP) is -2.77. The maximum atomic E-state index is 7.62. The summed E-state index contributed by atoms with van der Waals surface area (Å²) in [4.78, 5) is 0. The van der Waals surface area contributed by atoms with Crippen molar-refractivity contribution in [3.05, 3.63) is 0 Å². The van der Waals surface area contributed by atoms with E-state index in [1.165, 1.54) is 0 Å². The van der Waals surface area contributed by atoms with Crippen LogP contribution in [0, 0.1) is 0 Å². The molecule has 0 saturated carbocycles. The molecule has 0 spiro atoms. The molecule has 0 rings (SSSR count). The molecule has 0 aliphatic carbocycles. The Balaban J connectivity index is -0.0000000450. The molecule has 0 aliphatic heterocycles. The van der Waals surface area contributed by atoms with E-state index in [0.29, 0.717) is 0 Å². The molecular weight excluding hydrogens is 209 g/mol. The number of aliphatic hydroxyl groups is 2. The molecule has 0 aliphatic rings. The molecule has 0 radical (unpaired) electrons. The van der Waals surface area contributed by atoms with Crippen LogP contribution in [-0.2, 0) is 0 Å². The maximum absolute atomic E-state index is 7.62. The van der Waals surface area contributed by atoms with Crippen molar-refractivity contribution < 1.29 is 15.7 Å². The van der Waals surface area contributed by atoms with Crippen LogP contribution < -0.4 is 0 Å². The minimum atomic E-state index is -0.125. The fraction of sp³-hybridized carbons (Fsp3) is 1.00. The van der Waals surface area contributed by atoms with Gasteiger partial charge in [-0.2, -0.15) is 0 Å². The normalized spacial score (nSPS) is 5.00. The van der Waals surface area contributed by atoms with Gasteiger partial charge in [0, 0.05) is 0 Å². The Morgan fingerprint density at radius 3 is 1.17 bits per heavy atom. The van der Waals surface area contributed by atoms with Gasteiger partial charge in [-0.3, -0.25) is 0 Å². The van der Waals surface area contributed by atoms with Crippen molar-refractivity contribution in [3.8, 4) is 0 Å². The Kier molecular flexibility index (Phi) is 42.0. The topological polar surface area (TPSA) is 72.0 Å². The summed E-state index contributed by atoms with van der Waals surface area (Å²) in [5.41, 5.74) is 0. The summed E-state index contributed by atoms with van der Waals surface area (Å²) >= 11 is 0. The van der Waals surface area contributed by atoms with E-state index < -0.39 is 0 Å². The van der Waals surface area contributed by atoms with E-state index >= 15 is 0 Å². The van der Waals surface area contributed by atoms with Crippen LogP contribution in [0.15, 0.2) is 0 Å². The molecule has 4 N–H and O–H groups in total. The second-order valence-corrected chi connectivity index (χ2v) is 0.447. The summed E-state index contributed by atoms with van der Waals surface area (Å²) in [6.45, 7) is -0.250. The van der Waals surface area contributed by atoms with E-state index in [0.717, 1.165) is 0 Å². The van der Waals surface area contributed by atoms with Crippen LogP contribution >= 0.6 is 0 Å². The Morgan fingerprint density at radius 2 is 1.17 bits per heavy atom. The third-order valence-corrected chi connectivity index (χ3v) is 0.1000. The van der Waals surface area contributed by atoms with Crippen LogP contribution in [0.2, 0.25) is 0 Å². The monoisotopic (exact) mass is 220 g/mol. The van der Waals surface area contributed by atoms with E-state index in [1.54, 1.807) is 0 Å². The average molecular weight is 219 g/mol. The van der Waals surface area contributed by atoms with Gasteiger partial charge >= 0.3 is 48.9 Å². The molecule has 3 nitrogen and oxygen atoms in total. The number of hydrogen-bond donors (Lipinski definition) is 2. The quantitative estimate of drug-likeness (QED) is 0.469. The second-order valence-electron chi connectivity index (χ2n) is 0.447. The molecule has 0 heterocycles. The molecule has 0 bridgehead atoms. The number of hydrogen-bond acceptors (Lipinski definition) is 2. The fourth-order valence-electron chi connectivity index (χ4n) is 0. The molecule has 0 atom stereocenters. The van der Waals surface area contributed by atoms with Crippen LogP contribution in [0.3, 0.4) is 0 Å². The van der Waals surface area contributed by atoms with Gasteiger partial charge in [0.15, 0.2) is 0 Å². The first-order chi connectivity index (χ1) is 1.91. The molecule has 4 heteroatoms. The van der Waals surface area contributed by atoms with Crippen molar-refractivity contribution in [2.24, 2.45) is 0 Å². The standard InChI is InChI=1S/C2H6O2.Ba.H2O.2H/c3-1-2-4;;;;/h3-4H,1-2H2;;1H2;;. The second kappa shape index (κ2) is 16.1. The van der Waals surface area contributed by atoms with Gasteiger partial charge in [-0.25, -0.2) is 0 Å². The van der Waals surface area contributed by atoms with E-state index in [-0.39, 0.29) is 67.6 Å². The molecule has 0 amide bonds. The first kappa shape index (κ1) is 15.7. The van der Waals surface area contributed by atoms with Gasteiger partial charge in [0.2, 0.25) is 0 Å². The van der Waals surface area contributed by atoms with Gasteiger partial charge in [0.25, 0.3) is 0 Å². The third-order valence-electron chi connectivity index (χ3n) is 0.1000. The zero-order valence-corrected chi connectivity index (χ0v) is 2.81. The molecule has 0 aromatic carbocycles. The van der Waals surface area contributed by atoms with Crippen molar-refractivity contribution >= 4 is 48.9 Å². The van der Waals surface area contributed by atoms with Crippen LogP contribution in [0.4, 0.5) is 0 Å². The Labute approximate surface area is 76.7 Å². The molecule has 6 heavy (non-hydrogen) atoms. The van der Waals surface area contributed by atoms with E-state index in [9.17, 15) is 0 Å². The molecule has 0 unspecified atom stereocenters. The fourth-order valence-corrected chi connectivity index (χ4v) is 0. The third kappa shape index (κ3) is 18.0. The molecule has 0 aromatic rings. The van der Waals surface area contributed by atoms with Crippen molar-refractivity contribution in [3.63, 3.8) is 0 Å². The van der Waals surface area contributed by atoms with E-state index in [2.05, 4.69) is 0 Å². The minimum absolute atomic E-state index is 0. The Hall–Kier alpha value is 1.45. The summed E-state index contributed by atoms with van der Waals surface area (Å²) in [7, 11) is 0. The van der Waals surface area contributed by atoms with Gasteiger partial charge < -0.3 is 15.7 Å². The van der Waals surface area contributed by atoms with Crippen LogP contribution in [0.25, 0.3) is 0 Å². The summed E-state index contributed by atoms with van der Waals surface area (Å²) in [6, 6.07) is 0. The predicted molar refractivity (Wildman–Crippen MR) is 26.3 cm³/mol. The molecule has 0 aromatic heterocycles. The van der Waals surface area contributed by atoms with Crippen LogP contribution in [-0.4, -0.2) is 77.8 Å². The Bertz CT molecular complexity index is 10.8. The van der Waals surface area contributed by atoms with Crippen LogP contribution in [0.5, 0.6) is 0 Å². The number of aliphatic hydroxyl groups excluding tert-OH is 2. The molecule has 0 fully saturated rings. The van der Waals surface area contributed by atoms with E-state index in [4.69, 9.17) is 10.2 Å². The number of rotatable bonds is 1. The first-order valence-corrected chi connectivity index (χ1v) is 1.13. The summed E-state index contributed by atoms with van der Waals surface area (Å²) in [5, 5.41) is 15.2. The van der Waals surface area contributed by atoms with Crippen molar-refractivity contribution in [2.75, 3.05) is 13.2 Å².